The van der Waals surface area contributed by atoms with Gasteiger partial charge in [-0.1, -0.05) is 18.2 Å². The van der Waals surface area contributed by atoms with Crippen LogP contribution in [0.3, 0.4) is 0 Å². The van der Waals surface area contributed by atoms with Gasteiger partial charge in [-0.15, -0.1) is 21.6 Å². The fraction of sp³-hybridized carbons (Fsp3) is 0.0625. The van der Waals surface area contributed by atoms with Crippen molar-refractivity contribution in [1.82, 2.24) is 0 Å². The average molecular weight is 312 g/mol. The number of aryl methyl sites for hydroxylation is 1. The van der Waals surface area contributed by atoms with E-state index in [4.69, 9.17) is 5.11 Å². The molecule has 2 aromatic carbocycles. The highest BCUT2D eigenvalue weighted by Gasteiger charge is 2.10. The summed E-state index contributed by atoms with van der Waals surface area (Å²) in [7, 11) is 0. The van der Waals surface area contributed by atoms with Crippen molar-refractivity contribution in [3.05, 3.63) is 53.6 Å². The van der Waals surface area contributed by atoms with Crippen molar-refractivity contribution in [2.45, 2.75) is 6.92 Å². The third kappa shape index (κ3) is 2.56. The van der Waals surface area contributed by atoms with Crippen LogP contribution in [0.2, 0.25) is 0 Å². The summed E-state index contributed by atoms with van der Waals surface area (Å²) in [6.45, 7) is 1.82. The molecule has 0 atom stereocenters. The second kappa shape index (κ2) is 5.57. The number of hydrogen-bond acceptors (Lipinski definition) is 5. The van der Waals surface area contributed by atoms with Crippen molar-refractivity contribution < 1.29 is 15.0 Å². The first kappa shape index (κ1) is 14.2. The number of carbonyl (C=O) groups is 1. The fourth-order valence-corrected chi connectivity index (χ4v) is 2.95. The predicted molar refractivity (Wildman–Crippen MR) is 85.8 cm³/mol. The first-order valence-corrected chi connectivity index (χ1v) is 7.34. The second-order valence-electron chi connectivity index (χ2n) is 4.76. The standard InChI is InChI=1S/C16H12N2O3S/c1-9-6-7-10(16(20)21)8-12(9)17-18-15-14(19)11-4-2-3-5-13(11)22-15/h2-8,19H,1H3,(H,20,21). The van der Waals surface area contributed by atoms with Crippen molar-refractivity contribution in [2.75, 3.05) is 0 Å². The monoisotopic (exact) mass is 312 g/mol. The summed E-state index contributed by atoms with van der Waals surface area (Å²) in [5.74, 6) is -0.919. The summed E-state index contributed by atoms with van der Waals surface area (Å²) >= 11 is 1.33. The van der Waals surface area contributed by atoms with Gasteiger partial charge in [0.2, 0.25) is 0 Å². The molecular weight excluding hydrogens is 300 g/mol. The quantitative estimate of drug-likeness (QED) is 0.665. The minimum atomic E-state index is -1.01. The predicted octanol–water partition coefficient (Wildman–Crippen LogP) is 5.03. The Morgan fingerprint density at radius 3 is 2.64 bits per heavy atom. The molecule has 2 N–H and O–H groups in total. The molecule has 0 aliphatic rings. The molecule has 3 aromatic rings. The van der Waals surface area contributed by atoms with Crippen molar-refractivity contribution in [3.8, 4) is 5.75 Å². The van der Waals surface area contributed by atoms with Crippen LogP contribution in [0.1, 0.15) is 15.9 Å². The number of hydrogen-bond donors (Lipinski definition) is 2. The maximum atomic E-state index is 11.0. The molecule has 5 nitrogen and oxygen atoms in total. The number of carboxylic acid groups (broad SMARTS) is 1. The summed E-state index contributed by atoms with van der Waals surface area (Å²) in [5, 5.41) is 28.5. The third-order valence-electron chi connectivity index (χ3n) is 3.26. The minimum Gasteiger partial charge on any atom is -0.504 e. The van der Waals surface area contributed by atoms with Crippen LogP contribution in [0, 0.1) is 6.92 Å². The number of aromatic hydroxyl groups is 1. The van der Waals surface area contributed by atoms with Crippen molar-refractivity contribution in [2.24, 2.45) is 10.2 Å². The third-order valence-corrected chi connectivity index (χ3v) is 4.30. The smallest absolute Gasteiger partial charge is 0.335 e. The van der Waals surface area contributed by atoms with Crippen LogP contribution in [-0.2, 0) is 0 Å². The van der Waals surface area contributed by atoms with Crippen molar-refractivity contribution >= 4 is 38.1 Å². The van der Waals surface area contributed by atoms with E-state index >= 15 is 0 Å². The summed E-state index contributed by atoms with van der Waals surface area (Å²) in [4.78, 5) is 11.0. The van der Waals surface area contributed by atoms with Gasteiger partial charge < -0.3 is 10.2 Å². The highest BCUT2D eigenvalue weighted by molar-refractivity contribution is 7.23. The topological polar surface area (TPSA) is 82.2 Å². The molecule has 0 aliphatic heterocycles. The summed E-state index contributed by atoms with van der Waals surface area (Å²) in [6.07, 6.45) is 0. The molecule has 0 bridgehead atoms. The Morgan fingerprint density at radius 2 is 1.91 bits per heavy atom. The normalized spacial score (nSPS) is 11.3. The van der Waals surface area contributed by atoms with E-state index in [1.54, 1.807) is 6.07 Å². The Kier molecular flexibility index (Phi) is 3.60. The molecule has 0 spiro atoms. The average Bonchev–Trinajstić information content (AvgIpc) is 2.83. The molecule has 110 valence electrons. The number of carboxylic acids is 1. The van der Waals surface area contributed by atoms with Gasteiger partial charge in [-0.2, -0.15) is 0 Å². The summed E-state index contributed by atoms with van der Waals surface area (Å²) in [6, 6.07) is 12.1. The Hall–Kier alpha value is -2.73. The molecule has 0 radical (unpaired) electrons. The van der Waals surface area contributed by atoms with E-state index in [2.05, 4.69) is 10.2 Å². The molecule has 0 saturated heterocycles. The van der Waals surface area contributed by atoms with Crippen LogP contribution in [-0.4, -0.2) is 16.2 Å². The number of benzene rings is 2. The lowest BCUT2D eigenvalue weighted by molar-refractivity contribution is 0.0697. The molecule has 3 rings (SSSR count). The van der Waals surface area contributed by atoms with E-state index in [1.165, 1.54) is 23.5 Å². The molecule has 0 unspecified atom stereocenters. The first-order valence-electron chi connectivity index (χ1n) is 6.52. The van der Waals surface area contributed by atoms with E-state index in [0.717, 1.165) is 15.6 Å². The minimum absolute atomic E-state index is 0.0939. The molecular formula is C16H12N2O3S. The fourth-order valence-electron chi connectivity index (χ4n) is 2.04. The zero-order chi connectivity index (χ0) is 15.7. The molecule has 1 aromatic heterocycles. The number of fused-ring (bicyclic) bond motifs is 1. The van der Waals surface area contributed by atoms with E-state index in [-0.39, 0.29) is 11.3 Å². The van der Waals surface area contributed by atoms with Gasteiger partial charge in [0.25, 0.3) is 0 Å². The number of aromatic carboxylic acids is 1. The van der Waals surface area contributed by atoms with Gasteiger partial charge in [0.15, 0.2) is 10.8 Å². The van der Waals surface area contributed by atoms with Crippen LogP contribution in [0.5, 0.6) is 5.75 Å². The van der Waals surface area contributed by atoms with E-state index in [1.807, 2.05) is 31.2 Å². The van der Waals surface area contributed by atoms with Gasteiger partial charge in [0.05, 0.1) is 11.3 Å². The van der Waals surface area contributed by atoms with E-state index in [9.17, 15) is 9.90 Å². The molecule has 0 saturated carbocycles. The van der Waals surface area contributed by atoms with Crippen LogP contribution >= 0.6 is 11.3 Å². The second-order valence-corrected chi connectivity index (χ2v) is 5.79. The molecule has 0 fully saturated rings. The van der Waals surface area contributed by atoms with Crippen LogP contribution in [0.25, 0.3) is 10.1 Å². The first-order chi connectivity index (χ1) is 10.6. The van der Waals surface area contributed by atoms with Gasteiger partial charge in [-0.3, -0.25) is 0 Å². The lowest BCUT2D eigenvalue weighted by atomic mass is 10.1. The Morgan fingerprint density at radius 1 is 1.14 bits per heavy atom. The molecule has 6 heteroatoms. The number of thiophene rings is 1. The molecule has 22 heavy (non-hydrogen) atoms. The van der Waals surface area contributed by atoms with Crippen LogP contribution < -0.4 is 0 Å². The van der Waals surface area contributed by atoms with Gasteiger partial charge in [0.1, 0.15) is 0 Å². The Balaban J connectivity index is 2.01. The highest BCUT2D eigenvalue weighted by atomic mass is 32.1. The molecule has 0 amide bonds. The number of rotatable bonds is 3. The highest BCUT2D eigenvalue weighted by Crippen LogP contribution is 2.43. The Labute approximate surface area is 130 Å². The largest absolute Gasteiger partial charge is 0.504 e. The maximum Gasteiger partial charge on any atom is 0.335 e. The van der Waals surface area contributed by atoms with E-state index in [0.29, 0.717) is 10.7 Å². The maximum absolute atomic E-state index is 11.0. The Bertz CT molecular complexity index is 900. The van der Waals surface area contributed by atoms with Crippen molar-refractivity contribution in [1.29, 1.82) is 0 Å². The molecule has 1 heterocycles. The van der Waals surface area contributed by atoms with Gasteiger partial charge in [-0.05, 0) is 36.8 Å². The summed E-state index contributed by atoms with van der Waals surface area (Å²) in [5.41, 5.74) is 1.44. The summed E-state index contributed by atoms with van der Waals surface area (Å²) < 4.78 is 0.921. The SMILES string of the molecule is Cc1ccc(C(=O)O)cc1N=Nc1sc2ccccc2c1O. The lowest BCUT2D eigenvalue weighted by Gasteiger charge is -2.00. The van der Waals surface area contributed by atoms with Gasteiger partial charge in [0, 0.05) is 10.1 Å². The number of azo groups is 1. The van der Waals surface area contributed by atoms with Crippen molar-refractivity contribution in [3.63, 3.8) is 0 Å². The lowest BCUT2D eigenvalue weighted by Crippen LogP contribution is -1.95. The zero-order valence-electron chi connectivity index (χ0n) is 11.6. The zero-order valence-corrected chi connectivity index (χ0v) is 12.5. The van der Waals surface area contributed by atoms with Gasteiger partial charge >= 0.3 is 5.97 Å². The van der Waals surface area contributed by atoms with Crippen LogP contribution in [0.4, 0.5) is 10.7 Å². The van der Waals surface area contributed by atoms with Crippen LogP contribution in [0.15, 0.2) is 52.7 Å². The molecule has 0 aliphatic carbocycles. The number of nitrogens with zero attached hydrogens (tertiary/aromatic N) is 2. The van der Waals surface area contributed by atoms with E-state index < -0.39 is 5.97 Å². The van der Waals surface area contributed by atoms with Gasteiger partial charge in [-0.25, -0.2) is 4.79 Å².